The first kappa shape index (κ1) is 15.4. The summed E-state index contributed by atoms with van der Waals surface area (Å²) < 4.78 is 39.3. The average molecular weight is 366 g/mol. The molecule has 1 saturated heterocycles. The summed E-state index contributed by atoms with van der Waals surface area (Å²) in [5, 5.41) is 8.74. The van der Waals surface area contributed by atoms with E-state index in [0.717, 1.165) is 12.1 Å². The third-order valence-electron chi connectivity index (χ3n) is 3.22. The van der Waals surface area contributed by atoms with Gasteiger partial charge < -0.3 is 5.11 Å². The fourth-order valence-corrected chi connectivity index (χ4v) is 4.79. The second-order valence-electron chi connectivity index (χ2n) is 4.69. The predicted molar refractivity (Wildman–Crippen MR) is 73.2 cm³/mol. The lowest BCUT2D eigenvalue weighted by molar-refractivity contribution is -0.137. The molecule has 0 radical (unpaired) electrons. The summed E-state index contributed by atoms with van der Waals surface area (Å²) in [5.41, 5.74) is 0. The Hall–Kier alpha value is -0.990. The summed E-state index contributed by atoms with van der Waals surface area (Å²) in [4.78, 5) is 10.7. The van der Waals surface area contributed by atoms with Gasteiger partial charge in [0.1, 0.15) is 5.82 Å². The van der Waals surface area contributed by atoms with Crippen LogP contribution in [0.5, 0.6) is 0 Å². The number of halogens is 2. The van der Waals surface area contributed by atoms with Crippen molar-refractivity contribution in [2.75, 3.05) is 13.1 Å². The number of hydrogen-bond donors (Lipinski definition) is 1. The lowest BCUT2D eigenvalue weighted by Crippen LogP contribution is -2.29. The molecule has 1 aliphatic rings. The van der Waals surface area contributed by atoms with Gasteiger partial charge in [-0.3, -0.25) is 4.79 Å². The SMILES string of the molecule is O=C(O)CC1CCN(S(=O)(=O)c2ccc(F)cc2Br)C1. The summed E-state index contributed by atoms with van der Waals surface area (Å²) in [7, 11) is -3.73. The molecule has 1 N–H and O–H groups in total. The monoisotopic (exact) mass is 365 g/mol. The molecule has 0 aliphatic carbocycles. The van der Waals surface area contributed by atoms with E-state index in [9.17, 15) is 17.6 Å². The van der Waals surface area contributed by atoms with Gasteiger partial charge in [-0.15, -0.1) is 0 Å². The van der Waals surface area contributed by atoms with Gasteiger partial charge in [0.15, 0.2) is 0 Å². The van der Waals surface area contributed by atoms with E-state index < -0.39 is 21.8 Å². The normalized spacial score (nSPS) is 20.2. The maximum absolute atomic E-state index is 13.0. The van der Waals surface area contributed by atoms with Crippen LogP contribution in [0, 0.1) is 11.7 Å². The van der Waals surface area contributed by atoms with Gasteiger partial charge in [0.2, 0.25) is 10.0 Å². The van der Waals surface area contributed by atoms with Crippen LogP contribution in [-0.2, 0) is 14.8 Å². The minimum Gasteiger partial charge on any atom is -0.481 e. The van der Waals surface area contributed by atoms with Gasteiger partial charge in [-0.2, -0.15) is 4.31 Å². The first-order valence-electron chi connectivity index (χ1n) is 5.97. The maximum atomic E-state index is 13.0. The van der Waals surface area contributed by atoms with Crippen molar-refractivity contribution in [2.45, 2.75) is 17.7 Å². The molecule has 1 aromatic rings. The van der Waals surface area contributed by atoms with Crippen molar-refractivity contribution in [1.82, 2.24) is 4.31 Å². The fraction of sp³-hybridized carbons (Fsp3) is 0.417. The van der Waals surface area contributed by atoms with Crippen LogP contribution in [0.2, 0.25) is 0 Å². The third kappa shape index (κ3) is 3.18. The summed E-state index contributed by atoms with van der Waals surface area (Å²) in [6, 6.07) is 3.39. The van der Waals surface area contributed by atoms with Crippen LogP contribution in [0.3, 0.4) is 0 Å². The number of carboxylic acids is 1. The molecule has 20 heavy (non-hydrogen) atoms. The van der Waals surface area contributed by atoms with Crippen molar-refractivity contribution in [3.63, 3.8) is 0 Å². The topological polar surface area (TPSA) is 74.7 Å². The number of hydrogen-bond acceptors (Lipinski definition) is 3. The Morgan fingerprint density at radius 3 is 2.80 bits per heavy atom. The lowest BCUT2D eigenvalue weighted by atomic mass is 10.1. The van der Waals surface area contributed by atoms with Gasteiger partial charge in [-0.1, -0.05) is 0 Å². The highest BCUT2D eigenvalue weighted by atomic mass is 79.9. The minimum absolute atomic E-state index is 0.00475. The van der Waals surface area contributed by atoms with Crippen LogP contribution >= 0.6 is 15.9 Å². The Labute approximate surface area is 124 Å². The van der Waals surface area contributed by atoms with Gasteiger partial charge in [0.25, 0.3) is 0 Å². The zero-order valence-corrected chi connectivity index (χ0v) is 12.8. The first-order chi connectivity index (χ1) is 9.30. The highest BCUT2D eigenvalue weighted by molar-refractivity contribution is 9.10. The molecule has 0 spiro atoms. The smallest absolute Gasteiger partial charge is 0.303 e. The number of benzene rings is 1. The van der Waals surface area contributed by atoms with Crippen LogP contribution in [0.15, 0.2) is 27.6 Å². The molecule has 1 fully saturated rings. The molecular weight excluding hydrogens is 353 g/mol. The lowest BCUT2D eigenvalue weighted by Gasteiger charge is -2.17. The molecule has 1 heterocycles. The summed E-state index contributed by atoms with van der Waals surface area (Å²) >= 11 is 3.05. The highest BCUT2D eigenvalue weighted by Gasteiger charge is 2.34. The maximum Gasteiger partial charge on any atom is 0.303 e. The van der Waals surface area contributed by atoms with Crippen molar-refractivity contribution in [3.05, 3.63) is 28.5 Å². The van der Waals surface area contributed by atoms with Crippen molar-refractivity contribution in [1.29, 1.82) is 0 Å². The largest absolute Gasteiger partial charge is 0.481 e. The van der Waals surface area contributed by atoms with Crippen LogP contribution in [-0.4, -0.2) is 36.9 Å². The molecule has 1 atom stereocenters. The number of rotatable bonds is 4. The highest BCUT2D eigenvalue weighted by Crippen LogP contribution is 2.30. The van der Waals surface area contributed by atoms with Gasteiger partial charge in [0.05, 0.1) is 4.90 Å². The Bertz CT molecular complexity index is 634. The minimum atomic E-state index is -3.73. The Balaban J connectivity index is 2.21. The Morgan fingerprint density at radius 2 is 2.20 bits per heavy atom. The number of carboxylic acid groups (broad SMARTS) is 1. The van der Waals surface area contributed by atoms with Gasteiger partial charge in [-0.05, 0) is 46.5 Å². The predicted octanol–water partition coefficient (Wildman–Crippen LogP) is 2.07. The molecule has 2 rings (SSSR count). The molecule has 0 saturated carbocycles. The Kier molecular flexibility index (Phi) is 4.46. The molecule has 110 valence electrons. The van der Waals surface area contributed by atoms with Gasteiger partial charge >= 0.3 is 5.97 Å². The van der Waals surface area contributed by atoms with Crippen LogP contribution < -0.4 is 0 Å². The van der Waals surface area contributed by atoms with Crippen LogP contribution in [0.1, 0.15) is 12.8 Å². The van der Waals surface area contributed by atoms with Crippen molar-refractivity contribution < 1.29 is 22.7 Å². The molecule has 0 amide bonds. The zero-order chi connectivity index (χ0) is 14.9. The number of nitrogens with zero attached hydrogens (tertiary/aromatic N) is 1. The molecule has 0 aromatic heterocycles. The molecule has 1 aliphatic heterocycles. The van der Waals surface area contributed by atoms with E-state index in [0.29, 0.717) is 6.42 Å². The molecular formula is C12H13BrFNO4S. The Morgan fingerprint density at radius 1 is 1.50 bits per heavy atom. The van der Waals surface area contributed by atoms with E-state index in [2.05, 4.69) is 15.9 Å². The van der Waals surface area contributed by atoms with Crippen molar-refractivity contribution in [3.8, 4) is 0 Å². The summed E-state index contributed by atoms with van der Waals surface area (Å²) in [5.74, 6) is -1.64. The number of sulfonamides is 1. The molecule has 0 bridgehead atoms. The van der Waals surface area contributed by atoms with Gasteiger partial charge in [-0.25, -0.2) is 12.8 Å². The van der Waals surface area contributed by atoms with E-state index in [1.165, 1.54) is 10.4 Å². The van der Waals surface area contributed by atoms with E-state index in [4.69, 9.17) is 5.11 Å². The first-order valence-corrected chi connectivity index (χ1v) is 8.21. The second-order valence-corrected chi connectivity index (χ2v) is 7.45. The third-order valence-corrected chi connectivity index (χ3v) is 6.07. The number of carbonyl (C=O) groups is 1. The van der Waals surface area contributed by atoms with Crippen LogP contribution in [0.25, 0.3) is 0 Å². The van der Waals surface area contributed by atoms with E-state index in [1.807, 2.05) is 0 Å². The van der Waals surface area contributed by atoms with E-state index >= 15 is 0 Å². The van der Waals surface area contributed by atoms with Crippen molar-refractivity contribution >= 4 is 31.9 Å². The zero-order valence-electron chi connectivity index (χ0n) is 10.4. The summed E-state index contributed by atoms with van der Waals surface area (Å²) in [6.45, 7) is 0.461. The molecule has 5 nitrogen and oxygen atoms in total. The molecule has 8 heteroatoms. The van der Waals surface area contributed by atoms with Crippen molar-refractivity contribution in [2.24, 2.45) is 5.92 Å². The average Bonchev–Trinajstić information content (AvgIpc) is 2.76. The standard InChI is InChI=1S/C12H13BrFNO4S/c13-10-6-9(14)1-2-11(10)20(18,19)15-4-3-8(7-15)5-12(16)17/h1-2,6,8H,3-5,7H2,(H,16,17). The second kappa shape index (κ2) is 5.79. The fourth-order valence-electron chi connectivity index (χ4n) is 2.25. The molecule has 1 unspecified atom stereocenters. The van der Waals surface area contributed by atoms with E-state index in [-0.39, 0.29) is 34.8 Å². The molecule has 1 aromatic carbocycles. The number of aliphatic carboxylic acids is 1. The van der Waals surface area contributed by atoms with Gasteiger partial charge in [0, 0.05) is 24.0 Å². The quantitative estimate of drug-likeness (QED) is 0.886. The van der Waals surface area contributed by atoms with E-state index in [1.54, 1.807) is 0 Å². The summed E-state index contributed by atoms with van der Waals surface area (Å²) in [6.07, 6.45) is 0.473. The van der Waals surface area contributed by atoms with Crippen LogP contribution in [0.4, 0.5) is 4.39 Å².